The zero-order valence-corrected chi connectivity index (χ0v) is 17.2. The fourth-order valence-corrected chi connectivity index (χ4v) is 4.42. The van der Waals surface area contributed by atoms with Gasteiger partial charge in [0.2, 0.25) is 5.95 Å². The van der Waals surface area contributed by atoms with Crippen LogP contribution in [0.3, 0.4) is 0 Å². The molecular weight excluding hydrogens is 373 g/mol. The second-order valence-electron chi connectivity index (χ2n) is 8.35. The minimum absolute atomic E-state index is 0.304. The smallest absolute Gasteiger partial charge is 0.332 e. The maximum Gasteiger partial charge on any atom is 0.332 e. The number of halogens is 1. The summed E-state index contributed by atoms with van der Waals surface area (Å²) < 4.78 is 17.8. The molecule has 1 aromatic carbocycles. The fraction of sp³-hybridized carbons (Fsp3) is 0.476. The number of imidazole rings is 1. The highest BCUT2D eigenvalue weighted by Crippen LogP contribution is 2.28. The molecule has 0 radical (unpaired) electrons. The topological polar surface area (TPSA) is 65.1 Å². The van der Waals surface area contributed by atoms with Crippen molar-refractivity contribution in [2.24, 2.45) is 25.9 Å². The molecule has 2 aromatic heterocycles. The summed E-state index contributed by atoms with van der Waals surface area (Å²) in [7, 11) is 3.11. The number of aromatic nitrogens is 4. The quantitative estimate of drug-likeness (QED) is 0.677. The zero-order valence-electron chi connectivity index (χ0n) is 17.2. The minimum Gasteiger partial charge on any atom is -0.342 e. The van der Waals surface area contributed by atoms with E-state index in [2.05, 4.69) is 18.7 Å². The van der Waals surface area contributed by atoms with Crippen molar-refractivity contribution < 1.29 is 4.39 Å². The van der Waals surface area contributed by atoms with Crippen molar-refractivity contribution in [1.29, 1.82) is 0 Å². The van der Waals surface area contributed by atoms with Crippen LogP contribution in [-0.2, 0) is 20.6 Å². The first-order valence-corrected chi connectivity index (χ1v) is 9.92. The summed E-state index contributed by atoms with van der Waals surface area (Å²) >= 11 is 0. The largest absolute Gasteiger partial charge is 0.342 e. The van der Waals surface area contributed by atoms with E-state index in [9.17, 15) is 14.0 Å². The fourth-order valence-electron chi connectivity index (χ4n) is 4.42. The van der Waals surface area contributed by atoms with Gasteiger partial charge in [-0.3, -0.25) is 18.5 Å². The second-order valence-corrected chi connectivity index (χ2v) is 8.35. The van der Waals surface area contributed by atoms with E-state index in [1.165, 1.54) is 23.7 Å². The zero-order chi connectivity index (χ0) is 20.9. The van der Waals surface area contributed by atoms with Crippen LogP contribution in [0.1, 0.15) is 25.8 Å². The predicted molar refractivity (Wildman–Crippen MR) is 111 cm³/mol. The molecule has 4 rings (SSSR count). The lowest BCUT2D eigenvalue weighted by Gasteiger charge is -2.35. The summed E-state index contributed by atoms with van der Waals surface area (Å²) in [5.74, 6) is 1.39. The van der Waals surface area contributed by atoms with Gasteiger partial charge in [0.05, 0.1) is 6.54 Å². The second kappa shape index (κ2) is 7.17. The highest BCUT2D eigenvalue weighted by Gasteiger charge is 2.28. The first-order chi connectivity index (χ1) is 13.8. The summed E-state index contributed by atoms with van der Waals surface area (Å²) in [5, 5.41) is 0. The summed E-state index contributed by atoms with van der Waals surface area (Å²) in [5.41, 5.74) is 0.852. The van der Waals surface area contributed by atoms with Crippen molar-refractivity contribution in [3.63, 3.8) is 0 Å². The number of nitrogens with zero attached hydrogens (tertiary/aromatic N) is 5. The van der Waals surface area contributed by atoms with Gasteiger partial charge in [-0.05, 0) is 36.0 Å². The molecule has 0 saturated carbocycles. The molecular formula is C21H26FN5O2. The summed E-state index contributed by atoms with van der Waals surface area (Å²) in [4.78, 5) is 32.4. The average molecular weight is 399 g/mol. The van der Waals surface area contributed by atoms with Crippen molar-refractivity contribution in [3.05, 3.63) is 56.5 Å². The summed E-state index contributed by atoms with van der Waals surface area (Å²) in [6.45, 7) is 6.48. The van der Waals surface area contributed by atoms with Crippen LogP contribution < -0.4 is 16.1 Å². The Bertz CT molecular complexity index is 1160. The van der Waals surface area contributed by atoms with Crippen LogP contribution in [0.25, 0.3) is 11.2 Å². The third-order valence-electron chi connectivity index (χ3n) is 5.73. The Balaban J connectivity index is 1.95. The van der Waals surface area contributed by atoms with Gasteiger partial charge < -0.3 is 4.90 Å². The first-order valence-electron chi connectivity index (χ1n) is 9.92. The van der Waals surface area contributed by atoms with Crippen molar-refractivity contribution in [3.8, 4) is 0 Å². The number of piperidine rings is 1. The van der Waals surface area contributed by atoms with Crippen LogP contribution in [-0.4, -0.2) is 31.8 Å². The monoisotopic (exact) mass is 399 g/mol. The maximum atomic E-state index is 13.4. The number of hydrogen-bond donors (Lipinski definition) is 0. The average Bonchev–Trinajstić information content (AvgIpc) is 3.05. The van der Waals surface area contributed by atoms with E-state index >= 15 is 0 Å². The molecule has 1 fully saturated rings. The molecule has 3 heterocycles. The van der Waals surface area contributed by atoms with Crippen molar-refractivity contribution in [2.45, 2.75) is 26.8 Å². The van der Waals surface area contributed by atoms with Gasteiger partial charge in [-0.2, -0.15) is 4.98 Å². The number of anilines is 1. The third-order valence-corrected chi connectivity index (χ3v) is 5.73. The van der Waals surface area contributed by atoms with Gasteiger partial charge in [0, 0.05) is 27.2 Å². The van der Waals surface area contributed by atoms with E-state index in [0.717, 1.165) is 29.6 Å². The molecule has 154 valence electrons. The molecule has 1 aliphatic heterocycles. The normalized spacial score (nSPS) is 19.8. The van der Waals surface area contributed by atoms with Crippen LogP contribution in [0, 0.1) is 17.7 Å². The summed E-state index contributed by atoms with van der Waals surface area (Å²) in [6.07, 6.45) is 1.15. The Labute approximate surface area is 168 Å². The van der Waals surface area contributed by atoms with Crippen LogP contribution in [0.15, 0.2) is 33.9 Å². The SMILES string of the molecule is CC1CC(C)CN(c2nc3c(c(=O)n(C)c(=O)n3C)n2Cc2ccc(F)cc2)C1. The molecule has 0 spiro atoms. The molecule has 3 aromatic rings. The predicted octanol–water partition coefficient (Wildman–Crippen LogP) is 2.10. The first kappa shape index (κ1) is 19.4. The molecule has 1 saturated heterocycles. The van der Waals surface area contributed by atoms with Gasteiger partial charge in [-0.25, -0.2) is 9.18 Å². The number of rotatable bonds is 3. The lowest BCUT2D eigenvalue weighted by atomic mass is 9.92. The van der Waals surface area contributed by atoms with Crippen LogP contribution in [0.4, 0.5) is 10.3 Å². The molecule has 1 aliphatic rings. The van der Waals surface area contributed by atoms with Gasteiger partial charge in [0.25, 0.3) is 5.56 Å². The highest BCUT2D eigenvalue weighted by atomic mass is 19.1. The van der Waals surface area contributed by atoms with E-state index in [4.69, 9.17) is 4.98 Å². The summed E-state index contributed by atoms with van der Waals surface area (Å²) in [6, 6.07) is 6.23. The molecule has 29 heavy (non-hydrogen) atoms. The molecule has 2 atom stereocenters. The Kier molecular flexibility index (Phi) is 4.80. The Morgan fingerprint density at radius 2 is 1.66 bits per heavy atom. The van der Waals surface area contributed by atoms with Gasteiger partial charge in [0.1, 0.15) is 5.82 Å². The molecule has 8 heteroatoms. The third kappa shape index (κ3) is 3.36. The minimum atomic E-state index is -0.402. The Morgan fingerprint density at radius 3 is 2.28 bits per heavy atom. The molecule has 0 aliphatic carbocycles. The van der Waals surface area contributed by atoms with E-state index in [0.29, 0.717) is 35.5 Å². The van der Waals surface area contributed by atoms with E-state index in [-0.39, 0.29) is 11.4 Å². The van der Waals surface area contributed by atoms with Crippen molar-refractivity contribution >= 4 is 17.1 Å². The van der Waals surface area contributed by atoms with Crippen molar-refractivity contribution in [1.82, 2.24) is 18.7 Å². The lowest BCUT2D eigenvalue weighted by molar-refractivity contribution is 0.352. The molecule has 0 amide bonds. The molecule has 7 nitrogen and oxygen atoms in total. The van der Waals surface area contributed by atoms with Crippen molar-refractivity contribution in [2.75, 3.05) is 18.0 Å². The van der Waals surface area contributed by atoms with E-state index < -0.39 is 5.69 Å². The van der Waals surface area contributed by atoms with Gasteiger partial charge in [0.15, 0.2) is 11.2 Å². The number of fused-ring (bicyclic) bond motifs is 1. The maximum absolute atomic E-state index is 13.4. The van der Waals surface area contributed by atoms with Gasteiger partial charge in [-0.1, -0.05) is 26.0 Å². The van der Waals surface area contributed by atoms with Crippen LogP contribution in [0.2, 0.25) is 0 Å². The highest BCUT2D eigenvalue weighted by molar-refractivity contribution is 5.74. The number of hydrogen-bond acceptors (Lipinski definition) is 4. The van der Waals surface area contributed by atoms with Gasteiger partial charge >= 0.3 is 5.69 Å². The molecule has 0 bridgehead atoms. The van der Waals surface area contributed by atoms with Gasteiger partial charge in [-0.15, -0.1) is 0 Å². The number of aryl methyl sites for hydroxylation is 1. The van der Waals surface area contributed by atoms with E-state index in [1.807, 2.05) is 4.57 Å². The molecule has 0 N–H and O–H groups in total. The standard InChI is InChI=1S/C21H26FN5O2/c1-13-9-14(2)11-26(10-13)20-23-18-17(19(28)25(4)21(29)24(18)3)27(20)12-15-5-7-16(22)8-6-15/h5-8,13-14H,9-12H2,1-4H3. The lowest BCUT2D eigenvalue weighted by Crippen LogP contribution is -2.40. The Hall–Kier alpha value is -2.90. The molecule has 2 unspecified atom stereocenters. The van der Waals surface area contributed by atoms with E-state index in [1.54, 1.807) is 19.2 Å². The van der Waals surface area contributed by atoms with Crippen LogP contribution in [0.5, 0.6) is 0 Å². The van der Waals surface area contributed by atoms with Crippen LogP contribution >= 0.6 is 0 Å². The number of benzene rings is 1. The Morgan fingerprint density at radius 1 is 1.03 bits per heavy atom.